The lowest BCUT2D eigenvalue weighted by Gasteiger charge is -2.08. The maximum Gasteiger partial charge on any atom is 0.0207 e. The molecule has 1 fully saturated rings. The molecule has 2 atom stereocenters. The molecule has 0 aliphatic heterocycles. The Morgan fingerprint density at radius 3 is 2.43 bits per heavy atom. The second-order valence-electron chi connectivity index (χ2n) is 4.78. The zero-order chi connectivity index (χ0) is 10.5. The van der Waals surface area contributed by atoms with Crippen molar-refractivity contribution in [2.45, 2.75) is 32.7 Å². The molecule has 0 unspecified atom stereocenters. The molecule has 1 aliphatic carbocycles. The van der Waals surface area contributed by atoms with Crippen molar-refractivity contribution in [3.8, 4) is 0 Å². The Kier molecular flexibility index (Phi) is 2.24. The highest BCUT2D eigenvalue weighted by Gasteiger charge is 2.56. The van der Waals surface area contributed by atoms with Gasteiger partial charge in [0.2, 0.25) is 0 Å². The molecular formula is C12H16BrN. The van der Waals surface area contributed by atoms with Crippen LogP contribution in [0.25, 0.3) is 0 Å². The first-order valence-corrected chi connectivity index (χ1v) is 5.76. The van der Waals surface area contributed by atoms with Crippen LogP contribution in [0.4, 0.5) is 0 Å². The van der Waals surface area contributed by atoms with Gasteiger partial charge in [-0.15, -0.1) is 0 Å². The topological polar surface area (TPSA) is 26.0 Å². The van der Waals surface area contributed by atoms with Crippen LogP contribution in [0.5, 0.6) is 0 Å². The van der Waals surface area contributed by atoms with E-state index in [0.717, 1.165) is 0 Å². The summed E-state index contributed by atoms with van der Waals surface area (Å²) in [5.41, 5.74) is 9.08. The summed E-state index contributed by atoms with van der Waals surface area (Å²) in [7, 11) is 0. The molecule has 2 rings (SSSR count). The molecule has 0 spiro atoms. The van der Waals surface area contributed by atoms with Gasteiger partial charge in [0.05, 0.1) is 0 Å². The van der Waals surface area contributed by atoms with Crippen molar-refractivity contribution < 1.29 is 0 Å². The van der Waals surface area contributed by atoms with Crippen molar-refractivity contribution in [1.82, 2.24) is 0 Å². The molecule has 2 heteroatoms. The van der Waals surface area contributed by atoms with Crippen LogP contribution in [0.15, 0.2) is 22.7 Å². The van der Waals surface area contributed by atoms with Crippen molar-refractivity contribution in [2.75, 3.05) is 0 Å². The summed E-state index contributed by atoms with van der Waals surface area (Å²) in [5.74, 6) is 0.528. The molecule has 0 amide bonds. The van der Waals surface area contributed by atoms with E-state index in [1.807, 2.05) is 0 Å². The van der Waals surface area contributed by atoms with Crippen molar-refractivity contribution in [3.63, 3.8) is 0 Å². The molecular weight excluding hydrogens is 238 g/mol. The van der Waals surface area contributed by atoms with Crippen LogP contribution in [0, 0.1) is 12.3 Å². The van der Waals surface area contributed by atoms with Crippen molar-refractivity contribution in [2.24, 2.45) is 11.1 Å². The van der Waals surface area contributed by atoms with E-state index in [2.05, 4.69) is 54.9 Å². The Morgan fingerprint density at radius 1 is 1.36 bits per heavy atom. The molecule has 1 aliphatic rings. The van der Waals surface area contributed by atoms with Crippen molar-refractivity contribution in [3.05, 3.63) is 33.8 Å². The van der Waals surface area contributed by atoms with Crippen LogP contribution in [0.3, 0.4) is 0 Å². The third-order valence-electron chi connectivity index (χ3n) is 3.56. The van der Waals surface area contributed by atoms with E-state index in [1.54, 1.807) is 0 Å². The lowest BCUT2D eigenvalue weighted by atomic mass is 9.99. The summed E-state index contributed by atoms with van der Waals surface area (Å²) < 4.78 is 1.19. The fourth-order valence-corrected chi connectivity index (χ4v) is 2.61. The number of hydrogen-bond donors (Lipinski definition) is 1. The predicted molar refractivity (Wildman–Crippen MR) is 63.4 cm³/mol. The van der Waals surface area contributed by atoms with Gasteiger partial charge in [0.15, 0.2) is 0 Å². The fraction of sp³-hybridized carbons (Fsp3) is 0.500. The molecule has 0 bridgehead atoms. The van der Waals surface area contributed by atoms with Crippen LogP contribution >= 0.6 is 15.9 Å². The first-order valence-electron chi connectivity index (χ1n) is 4.97. The van der Waals surface area contributed by atoms with Crippen molar-refractivity contribution >= 4 is 15.9 Å². The lowest BCUT2D eigenvalue weighted by molar-refractivity contribution is 0.598. The quantitative estimate of drug-likeness (QED) is 0.818. The van der Waals surface area contributed by atoms with E-state index in [1.165, 1.54) is 15.6 Å². The van der Waals surface area contributed by atoms with Gasteiger partial charge < -0.3 is 5.73 Å². The number of nitrogens with two attached hydrogens (primary N) is 1. The summed E-state index contributed by atoms with van der Waals surface area (Å²) in [6.07, 6.45) is 0. The number of halogens is 1. The molecule has 2 N–H and O–H groups in total. The van der Waals surface area contributed by atoms with Gasteiger partial charge in [0.1, 0.15) is 0 Å². The first kappa shape index (κ1) is 10.2. The Morgan fingerprint density at radius 2 is 1.93 bits per heavy atom. The van der Waals surface area contributed by atoms with Gasteiger partial charge in [-0.25, -0.2) is 0 Å². The second-order valence-corrected chi connectivity index (χ2v) is 5.63. The zero-order valence-electron chi connectivity index (χ0n) is 8.84. The van der Waals surface area contributed by atoms with Gasteiger partial charge in [-0.3, -0.25) is 0 Å². The smallest absolute Gasteiger partial charge is 0.0207 e. The van der Waals surface area contributed by atoms with E-state index in [-0.39, 0.29) is 5.41 Å². The first-order chi connectivity index (χ1) is 6.46. The molecule has 0 radical (unpaired) electrons. The Bertz CT molecular complexity index is 371. The minimum atomic E-state index is 0.269. The standard InChI is InChI=1S/C12H16BrN/c1-7-8(5-4-6-9(7)13)10-11(14)12(10,2)3/h4-6,10-11H,14H2,1-3H3/t10-,11-/m1/s1. The van der Waals surface area contributed by atoms with Gasteiger partial charge in [-0.2, -0.15) is 0 Å². The Hall–Kier alpha value is -0.340. The van der Waals surface area contributed by atoms with Gasteiger partial charge in [0, 0.05) is 16.4 Å². The van der Waals surface area contributed by atoms with E-state index >= 15 is 0 Å². The molecule has 1 aromatic carbocycles. The summed E-state index contributed by atoms with van der Waals surface area (Å²) >= 11 is 3.56. The van der Waals surface area contributed by atoms with E-state index in [0.29, 0.717) is 12.0 Å². The molecule has 0 aromatic heterocycles. The van der Waals surface area contributed by atoms with Crippen LogP contribution in [0.2, 0.25) is 0 Å². The van der Waals surface area contributed by atoms with Crippen molar-refractivity contribution in [1.29, 1.82) is 0 Å². The summed E-state index contributed by atoms with van der Waals surface area (Å²) in [6, 6.07) is 6.68. The highest BCUT2D eigenvalue weighted by Crippen LogP contribution is 2.58. The van der Waals surface area contributed by atoms with Gasteiger partial charge in [0.25, 0.3) is 0 Å². The molecule has 0 saturated heterocycles. The molecule has 14 heavy (non-hydrogen) atoms. The Balaban J connectivity index is 2.40. The predicted octanol–water partition coefficient (Wildman–Crippen LogP) is 3.21. The summed E-state index contributed by atoms with van der Waals surface area (Å²) in [5, 5.41) is 0. The van der Waals surface area contributed by atoms with E-state index < -0.39 is 0 Å². The van der Waals surface area contributed by atoms with Crippen LogP contribution in [0.1, 0.15) is 30.9 Å². The normalized spacial score (nSPS) is 28.9. The minimum absolute atomic E-state index is 0.269. The average molecular weight is 254 g/mol. The van der Waals surface area contributed by atoms with Crippen LogP contribution in [-0.2, 0) is 0 Å². The molecule has 1 aromatic rings. The SMILES string of the molecule is Cc1c(Br)cccc1[C@@H]1[C@@H](N)C1(C)C. The highest BCUT2D eigenvalue weighted by atomic mass is 79.9. The Labute approximate surface area is 93.8 Å². The van der Waals surface area contributed by atoms with Crippen LogP contribution < -0.4 is 5.73 Å². The zero-order valence-corrected chi connectivity index (χ0v) is 10.4. The van der Waals surface area contributed by atoms with E-state index in [4.69, 9.17) is 5.73 Å². The van der Waals surface area contributed by atoms with Crippen LogP contribution in [-0.4, -0.2) is 6.04 Å². The van der Waals surface area contributed by atoms with Gasteiger partial charge in [-0.1, -0.05) is 41.9 Å². The third-order valence-corrected chi connectivity index (χ3v) is 4.41. The average Bonchev–Trinajstić information content (AvgIpc) is 2.59. The minimum Gasteiger partial charge on any atom is -0.327 e. The largest absolute Gasteiger partial charge is 0.327 e. The maximum atomic E-state index is 6.08. The molecule has 1 saturated carbocycles. The third kappa shape index (κ3) is 1.32. The summed E-state index contributed by atoms with van der Waals surface area (Å²) in [4.78, 5) is 0. The number of rotatable bonds is 1. The summed E-state index contributed by atoms with van der Waals surface area (Å²) in [6.45, 7) is 6.63. The molecule has 0 heterocycles. The highest BCUT2D eigenvalue weighted by molar-refractivity contribution is 9.10. The fourth-order valence-electron chi connectivity index (χ4n) is 2.23. The van der Waals surface area contributed by atoms with Gasteiger partial charge in [-0.05, 0) is 29.5 Å². The lowest BCUT2D eigenvalue weighted by Crippen LogP contribution is -2.06. The second kappa shape index (κ2) is 3.07. The molecule has 1 nitrogen and oxygen atoms in total. The molecule has 76 valence electrons. The number of hydrogen-bond acceptors (Lipinski definition) is 1. The van der Waals surface area contributed by atoms with E-state index in [9.17, 15) is 0 Å². The number of benzene rings is 1. The monoisotopic (exact) mass is 253 g/mol. The maximum absolute atomic E-state index is 6.08. The van der Waals surface area contributed by atoms with Gasteiger partial charge >= 0.3 is 0 Å².